The summed E-state index contributed by atoms with van der Waals surface area (Å²) in [5, 5.41) is 0. The SMILES string of the molecule is Nc1ccccc1CN1C(=O)CCCCC1=O. The molecule has 2 amide bonds. The standard InChI is InChI=1S/C13H16N2O2/c14-11-6-2-1-5-10(11)9-15-12(16)7-3-4-8-13(15)17/h1-2,5-6H,3-4,7-9,14H2. The maximum atomic E-state index is 11.8. The van der Waals surface area contributed by atoms with E-state index in [1.807, 2.05) is 18.2 Å². The van der Waals surface area contributed by atoms with E-state index in [9.17, 15) is 9.59 Å². The van der Waals surface area contributed by atoms with Crippen molar-refractivity contribution >= 4 is 17.5 Å². The third kappa shape index (κ3) is 2.64. The summed E-state index contributed by atoms with van der Waals surface area (Å²) < 4.78 is 0. The van der Waals surface area contributed by atoms with E-state index in [0.29, 0.717) is 25.1 Å². The number of anilines is 1. The van der Waals surface area contributed by atoms with Crippen LogP contribution in [0.3, 0.4) is 0 Å². The number of hydrogen-bond acceptors (Lipinski definition) is 3. The lowest BCUT2D eigenvalue weighted by Crippen LogP contribution is -2.34. The van der Waals surface area contributed by atoms with Gasteiger partial charge in [-0.3, -0.25) is 14.5 Å². The quantitative estimate of drug-likeness (QED) is 0.623. The van der Waals surface area contributed by atoms with Gasteiger partial charge in [-0.1, -0.05) is 18.2 Å². The number of carbonyl (C=O) groups excluding carboxylic acids is 2. The zero-order valence-corrected chi connectivity index (χ0v) is 9.69. The Morgan fingerprint density at radius 3 is 2.24 bits per heavy atom. The number of nitrogens with zero attached hydrogens (tertiary/aromatic N) is 1. The summed E-state index contributed by atoms with van der Waals surface area (Å²) in [6, 6.07) is 7.33. The number of amides is 2. The molecule has 0 radical (unpaired) electrons. The number of nitrogens with two attached hydrogens (primary N) is 1. The highest BCUT2D eigenvalue weighted by molar-refractivity contribution is 5.96. The fourth-order valence-corrected chi connectivity index (χ4v) is 1.99. The summed E-state index contributed by atoms with van der Waals surface area (Å²) in [6.07, 6.45) is 2.51. The molecule has 1 aliphatic heterocycles. The van der Waals surface area contributed by atoms with Gasteiger partial charge in [-0.15, -0.1) is 0 Å². The first-order valence-corrected chi connectivity index (χ1v) is 5.85. The molecule has 1 aliphatic rings. The van der Waals surface area contributed by atoms with Gasteiger partial charge in [0.25, 0.3) is 0 Å². The van der Waals surface area contributed by atoms with Crippen LogP contribution in [0.2, 0.25) is 0 Å². The molecule has 17 heavy (non-hydrogen) atoms. The summed E-state index contributed by atoms with van der Waals surface area (Å²) in [7, 11) is 0. The summed E-state index contributed by atoms with van der Waals surface area (Å²) in [5.41, 5.74) is 7.27. The van der Waals surface area contributed by atoms with Crippen molar-refractivity contribution in [1.82, 2.24) is 4.90 Å². The molecule has 0 aromatic heterocycles. The van der Waals surface area contributed by atoms with E-state index in [0.717, 1.165) is 18.4 Å². The number of likely N-dealkylation sites (tertiary alicyclic amines) is 1. The van der Waals surface area contributed by atoms with Gasteiger partial charge in [-0.25, -0.2) is 0 Å². The van der Waals surface area contributed by atoms with E-state index < -0.39 is 0 Å². The van der Waals surface area contributed by atoms with Crippen LogP contribution in [0.4, 0.5) is 5.69 Å². The second-order valence-electron chi connectivity index (χ2n) is 4.28. The van der Waals surface area contributed by atoms with E-state index in [-0.39, 0.29) is 11.8 Å². The molecule has 1 aromatic carbocycles. The highest BCUT2D eigenvalue weighted by Crippen LogP contribution is 2.18. The van der Waals surface area contributed by atoms with Crippen LogP contribution in [0.25, 0.3) is 0 Å². The van der Waals surface area contributed by atoms with Crippen molar-refractivity contribution in [3.8, 4) is 0 Å². The Labute approximate surface area is 100 Å². The van der Waals surface area contributed by atoms with Crippen molar-refractivity contribution in [3.63, 3.8) is 0 Å². The molecule has 4 nitrogen and oxygen atoms in total. The minimum absolute atomic E-state index is 0.0873. The van der Waals surface area contributed by atoms with Crippen LogP contribution in [0.5, 0.6) is 0 Å². The summed E-state index contributed by atoms with van der Waals surface area (Å²) >= 11 is 0. The van der Waals surface area contributed by atoms with Gasteiger partial charge in [0.15, 0.2) is 0 Å². The van der Waals surface area contributed by atoms with Crippen molar-refractivity contribution in [1.29, 1.82) is 0 Å². The van der Waals surface area contributed by atoms with Crippen molar-refractivity contribution < 1.29 is 9.59 Å². The van der Waals surface area contributed by atoms with Gasteiger partial charge in [0.05, 0.1) is 6.54 Å². The molecule has 1 aromatic rings. The van der Waals surface area contributed by atoms with Crippen LogP contribution < -0.4 is 5.73 Å². The zero-order valence-electron chi connectivity index (χ0n) is 9.69. The number of para-hydroxylation sites is 1. The van der Waals surface area contributed by atoms with Crippen LogP contribution in [0.15, 0.2) is 24.3 Å². The molecule has 0 aliphatic carbocycles. The molecular weight excluding hydrogens is 216 g/mol. The van der Waals surface area contributed by atoms with Gasteiger partial charge in [-0.2, -0.15) is 0 Å². The van der Waals surface area contributed by atoms with Crippen LogP contribution >= 0.6 is 0 Å². The molecule has 1 heterocycles. The van der Waals surface area contributed by atoms with E-state index >= 15 is 0 Å². The second kappa shape index (κ2) is 4.99. The summed E-state index contributed by atoms with van der Waals surface area (Å²) in [6.45, 7) is 0.296. The molecule has 0 saturated carbocycles. The average Bonchev–Trinajstić information content (AvgIpc) is 2.47. The van der Waals surface area contributed by atoms with Gasteiger partial charge in [0.2, 0.25) is 11.8 Å². The van der Waals surface area contributed by atoms with Crippen molar-refractivity contribution in [2.24, 2.45) is 0 Å². The number of hydrogen-bond donors (Lipinski definition) is 1. The molecule has 1 saturated heterocycles. The molecule has 2 rings (SSSR count). The molecule has 1 fully saturated rings. The smallest absolute Gasteiger partial charge is 0.229 e. The minimum atomic E-state index is -0.0873. The topological polar surface area (TPSA) is 63.4 Å². The van der Waals surface area contributed by atoms with Crippen LogP contribution in [-0.2, 0) is 16.1 Å². The molecule has 0 bridgehead atoms. The Morgan fingerprint density at radius 1 is 1.06 bits per heavy atom. The van der Waals surface area contributed by atoms with Gasteiger partial charge < -0.3 is 5.73 Å². The fourth-order valence-electron chi connectivity index (χ4n) is 1.99. The third-order valence-corrected chi connectivity index (χ3v) is 3.02. The first kappa shape index (κ1) is 11.6. The molecule has 4 heteroatoms. The lowest BCUT2D eigenvalue weighted by atomic mass is 10.1. The van der Waals surface area contributed by atoms with E-state index in [1.165, 1.54) is 4.90 Å². The maximum Gasteiger partial charge on any atom is 0.229 e. The number of imide groups is 1. The molecule has 0 spiro atoms. The minimum Gasteiger partial charge on any atom is -0.398 e. The number of carbonyl (C=O) groups is 2. The summed E-state index contributed by atoms with van der Waals surface area (Å²) in [4.78, 5) is 24.9. The van der Waals surface area contributed by atoms with Gasteiger partial charge in [0, 0.05) is 18.5 Å². The highest BCUT2D eigenvalue weighted by Gasteiger charge is 2.24. The largest absolute Gasteiger partial charge is 0.398 e. The monoisotopic (exact) mass is 232 g/mol. The Morgan fingerprint density at radius 2 is 1.65 bits per heavy atom. The van der Waals surface area contributed by atoms with E-state index in [2.05, 4.69) is 0 Å². The molecule has 0 atom stereocenters. The number of benzene rings is 1. The van der Waals surface area contributed by atoms with Crippen molar-refractivity contribution in [3.05, 3.63) is 29.8 Å². The summed E-state index contributed by atoms with van der Waals surface area (Å²) in [5.74, 6) is -0.175. The third-order valence-electron chi connectivity index (χ3n) is 3.02. The van der Waals surface area contributed by atoms with Crippen LogP contribution in [-0.4, -0.2) is 16.7 Å². The van der Waals surface area contributed by atoms with Gasteiger partial charge in [-0.05, 0) is 24.5 Å². The highest BCUT2D eigenvalue weighted by atomic mass is 16.2. The molecule has 0 unspecified atom stereocenters. The van der Waals surface area contributed by atoms with Crippen molar-refractivity contribution in [2.75, 3.05) is 5.73 Å². The molecule has 90 valence electrons. The first-order chi connectivity index (χ1) is 8.18. The average molecular weight is 232 g/mol. The molecular formula is C13H16N2O2. The lowest BCUT2D eigenvalue weighted by molar-refractivity contribution is -0.144. The van der Waals surface area contributed by atoms with E-state index in [4.69, 9.17) is 5.73 Å². The van der Waals surface area contributed by atoms with Crippen LogP contribution in [0, 0.1) is 0 Å². The Hall–Kier alpha value is -1.84. The number of rotatable bonds is 2. The second-order valence-corrected chi connectivity index (χ2v) is 4.28. The normalized spacial score (nSPS) is 17.1. The van der Waals surface area contributed by atoms with E-state index in [1.54, 1.807) is 6.07 Å². The Kier molecular flexibility index (Phi) is 3.42. The zero-order chi connectivity index (χ0) is 12.3. The Bertz CT molecular complexity index is 425. The number of nitrogen functional groups attached to an aromatic ring is 1. The van der Waals surface area contributed by atoms with Crippen LogP contribution in [0.1, 0.15) is 31.2 Å². The van der Waals surface area contributed by atoms with Gasteiger partial charge >= 0.3 is 0 Å². The van der Waals surface area contributed by atoms with Crippen molar-refractivity contribution in [2.45, 2.75) is 32.2 Å². The maximum absolute atomic E-state index is 11.8. The Balaban J connectivity index is 2.18. The predicted molar refractivity (Wildman–Crippen MR) is 64.9 cm³/mol. The fraction of sp³-hybridized carbons (Fsp3) is 0.385. The first-order valence-electron chi connectivity index (χ1n) is 5.85. The molecule has 2 N–H and O–H groups in total. The lowest BCUT2D eigenvalue weighted by Gasteiger charge is -2.19. The van der Waals surface area contributed by atoms with Gasteiger partial charge in [0.1, 0.15) is 0 Å². The predicted octanol–water partition coefficient (Wildman–Crippen LogP) is 1.70.